The molecule has 1 unspecified atom stereocenters. The minimum absolute atomic E-state index is 0.0377. The number of hydrogen-bond donors (Lipinski definition) is 0. The number of carbonyl (C=O) groups is 1. The minimum atomic E-state index is -0.537. The van der Waals surface area contributed by atoms with Crippen molar-refractivity contribution in [3.8, 4) is 5.75 Å². The van der Waals surface area contributed by atoms with Crippen LogP contribution in [0.2, 0.25) is 0 Å². The topological polar surface area (TPSA) is 47.4 Å². The Morgan fingerprint density at radius 3 is 2.78 bits per heavy atom. The van der Waals surface area contributed by atoms with Crippen LogP contribution < -0.4 is 4.74 Å². The number of aryl methyl sites for hydroxylation is 1. The number of carbonyl (C=O) groups excluding carboxylic acids is 1. The van der Waals surface area contributed by atoms with Crippen molar-refractivity contribution in [3.63, 3.8) is 0 Å². The van der Waals surface area contributed by atoms with E-state index >= 15 is 0 Å². The van der Waals surface area contributed by atoms with E-state index in [2.05, 4.69) is 11.2 Å². The van der Waals surface area contributed by atoms with Gasteiger partial charge in [-0.25, -0.2) is 4.39 Å². The molecule has 1 aromatic heterocycles. The quantitative estimate of drug-likeness (QED) is 0.715. The summed E-state index contributed by atoms with van der Waals surface area (Å²) in [5.74, 6) is -0.566. The largest absolute Gasteiger partial charge is 0.494 e. The lowest BCUT2D eigenvalue weighted by atomic mass is 9.86. The third-order valence-electron chi connectivity index (χ3n) is 5.01. The Balaban J connectivity index is 1.68. The molecule has 3 aromatic rings. The van der Waals surface area contributed by atoms with Crippen molar-refractivity contribution in [3.05, 3.63) is 82.9 Å². The molecule has 0 saturated carbocycles. The van der Waals surface area contributed by atoms with Gasteiger partial charge in [0.15, 0.2) is 11.6 Å². The molecule has 27 heavy (non-hydrogen) atoms. The van der Waals surface area contributed by atoms with Crippen molar-refractivity contribution < 1.29 is 13.9 Å². The molecule has 2 heterocycles. The molecule has 0 radical (unpaired) electrons. The molecular weight excluding hydrogens is 345 g/mol. The second-order valence-corrected chi connectivity index (χ2v) is 6.73. The first kappa shape index (κ1) is 17.3. The molecule has 4 rings (SSSR count). The number of nitrogens with zero attached hydrogens (tertiary/aromatic N) is 3. The smallest absolute Gasteiger partial charge is 0.254 e. The molecule has 0 N–H and O–H groups in total. The fourth-order valence-electron chi connectivity index (χ4n) is 3.65. The number of aromatic nitrogens is 2. The summed E-state index contributed by atoms with van der Waals surface area (Å²) in [5, 5.41) is 4.27. The SMILES string of the molecule is COc1ccc(C(=O)N2Cc3ccccc3C(c3cnn(C)c3)C2)cc1F. The number of hydrogen-bond acceptors (Lipinski definition) is 3. The van der Waals surface area contributed by atoms with E-state index in [1.807, 2.05) is 37.6 Å². The molecule has 0 fully saturated rings. The van der Waals surface area contributed by atoms with E-state index in [0.29, 0.717) is 18.7 Å². The molecule has 1 amide bonds. The molecule has 2 aromatic carbocycles. The van der Waals surface area contributed by atoms with E-state index in [1.54, 1.807) is 15.6 Å². The Bertz CT molecular complexity index is 999. The van der Waals surface area contributed by atoms with Crippen LogP contribution in [0.3, 0.4) is 0 Å². The second-order valence-electron chi connectivity index (χ2n) is 6.73. The lowest BCUT2D eigenvalue weighted by molar-refractivity contribution is 0.0724. The maximum absolute atomic E-state index is 14.1. The molecule has 138 valence electrons. The first-order chi connectivity index (χ1) is 13.1. The van der Waals surface area contributed by atoms with E-state index in [9.17, 15) is 9.18 Å². The van der Waals surface area contributed by atoms with Crippen LogP contribution in [-0.4, -0.2) is 34.2 Å². The van der Waals surface area contributed by atoms with Gasteiger partial charge in [0.2, 0.25) is 0 Å². The normalized spacial score (nSPS) is 16.1. The third kappa shape index (κ3) is 3.18. The lowest BCUT2D eigenvalue weighted by Crippen LogP contribution is -2.38. The Labute approximate surface area is 157 Å². The summed E-state index contributed by atoms with van der Waals surface area (Å²) < 4.78 is 20.8. The zero-order valence-corrected chi connectivity index (χ0v) is 15.2. The second kappa shape index (κ2) is 6.87. The van der Waals surface area contributed by atoms with Gasteiger partial charge in [-0.15, -0.1) is 0 Å². The highest BCUT2D eigenvalue weighted by atomic mass is 19.1. The van der Waals surface area contributed by atoms with Gasteiger partial charge in [-0.1, -0.05) is 24.3 Å². The highest BCUT2D eigenvalue weighted by Crippen LogP contribution is 2.34. The van der Waals surface area contributed by atoms with Gasteiger partial charge in [0, 0.05) is 37.8 Å². The predicted molar refractivity (Wildman–Crippen MR) is 99.2 cm³/mol. The maximum atomic E-state index is 14.1. The van der Waals surface area contributed by atoms with Crippen LogP contribution in [0.25, 0.3) is 0 Å². The van der Waals surface area contributed by atoms with Crippen molar-refractivity contribution in [1.82, 2.24) is 14.7 Å². The van der Waals surface area contributed by atoms with E-state index in [-0.39, 0.29) is 17.6 Å². The van der Waals surface area contributed by atoms with Gasteiger partial charge in [0.25, 0.3) is 5.91 Å². The predicted octanol–water partition coefficient (Wildman–Crippen LogP) is 3.36. The summed E-state index contributed by atoms with van der Waals surface area (Å²) in [6, 6.07) is 12.4. The van der Waals surface area contributed by atoms with E-state index < -0.39 is 5.82 Å². The first-order valence-electron chi connectivity index (χ1n) is 8.76. The zero-order valence-electron chi connectivity index (χ0n) is 15.2. The van der Waals surface area contributed by atoms with E-state index in [1.165, 1.54) is 24.8 Å². The van der Waals surface area contributed by atoms with Crippen molar-refractivity contribution in [2.24, 2.45) is 7.05 Å². The first-order valence-corrected chi connectivity index (χ1v) is 8.76. The number of benzene rings is 2. The molecule has 6 heteroatoms. The van der Waals surface area contributed by atoms with Gasteiger partial charge in [-0.2, -0.15) is 5.10 Å². The Morgan fingerprint density at radius 2 is 2.07 bits per heavy atom. The zero-order chi connectivity index (χ0) is 19.0. The Morgan fingerprint density at radius 1 is 1.26 bits per heavy atom. The lowest BCUT2D eigenvalue weighted by Gasteiger charge is -2.34. The minimum Gasteiger partial charge on any atom is -0.494 e. The van der Waals surface area contributed by atoms with Crippen LogP contribution in [0.15, 0.2) is 54.9 Å². The van der Waals surface area contributed by atoms with Gasteiger partial charge in [0.1, 0.15) is 0 Å². The summed E-state index contributed by atoms with van der Waals surface area (Å²) in [4.78, 5) is 14.8. The highest BCUT2D eigenvalue weighted by molar-refractivity contribution is 5.94. The maximum Gasteiger partial charge on any atom is 0.254 e. The molecule has 0 saturated heterocycles. The van der Waals surface area contributed by atoms with Gasteiger partial charge in [-0.3, -0.25) is 9.48 Å². The third-order valence-corrected chi connectivity index (χ3v) is 5.01. The molecular formula is C21H20FN3O2. The highest BCUT2D eigenvalue weighted by Gasteiger charge is 2.30. The molecule has 0 bridgehead atoms. The van der Waals surface area contributed by atoms with Gasteiger partial charge >= 0.3 is 0 Å². The molecule has 1 atom stereocenters. The van der Waals surface area contributed by atoms with Gasteiger partial charge in [-0.05, 0) is 34.9 Å². The van der Waals surface area contributed by atoms with Crippen LogP contribution >= 0.6 is 0 Å². The van der Waals surface area contributed by atoms with Crippen LogP contribution in [0, 0.1) is 5.82 Å². The van der Waals surface area contributed by atoms with E-state index in [0.717, 1.165) is 11.1 Å². The van der Waals surface area contributed by atoms with Crippen LogP contribution in [0.4, 0.5) is 4.39 Å². The molecule has 1 aliphatic rings. The number of rotatable bonds is 3. The molecule has 0 spiro atoms. The van der Waals surface area contributed by atoms with Crippen molar-refractivity contribution in [2.75, 3.05) is 13.7 Å². The number of methoxy groups -OCH3 is 1. The summed E-state index contributed by atoms with van der Waals surface area (Å²) in [7, 11) is 3.28. The molecule has 5 nitrogen and oxygen atoms in total. The number of fused-ring (bicyclic) bond motifs is 1. The van der Waals surface area contributed by atoms with Gasteiger partial charge < -0.3 is 9.64 Å². The fraction of sp³-hybridized carbons (Fsp3) is 0.238. The van der Waals surface area contributed by atoms with Gasteiger partial charge in [0.05, 0.1) is 13.3 Å². The van der Waals surface area contributed by atoms with Crippen LogP contribution in [0.1, 0.15) is 33.0 Å². The average molecular weight is 365 g/mol. The number of ether oxygens (including phenoxy) is 1. The van der Waals surface area contributed by atoms with E-state index in [4.69, 9.17) is 4.74 Å². The summed E-state index contributed by atoms with van der Waals surface area (Å²) in [6.45, 7) is 1.02. The van der Waals surface area contributed by atoms with Crippen molar-refractivity contribution in [2.45, 2.75) is 12.5 Å². The Hall–Kier alpha value is -3.15. The molecule has 1 aliphatic heterocycles. The number of halogens is 1. The van der Waals surface area contributed by atoms with Crippen molar-refractivity contribution in [1.29, 1.82) is 0 Å². The number of amides is 1. The standard InChI is InChI=1S/C21H20FN3O2/c1-24-11-16(10-23-24)18-13-25(12-15-5-3-4-6-17(15)18)21(26)14-7-8-20(27-2)19(22)9-14/h3-11,18H,12-13H2,1-2H3. The van der Waals surface area contributed by atoms with Crippen LogP contribution in [-0.2, 0) is 13.6 Å². The Kier molecular flexibility index (Phi) is 4.39. The monoisotopic (exact) mass is 365 g/mol. The summed E-state index contributed by atoms with van der Waals surface area (Å²) >= 11 is 0. The van der Waals surface area contributed by atoms with Crippen molar-refractivity contribution >= 4 is 5.91 Å². The summed E-state index contributed by atoms with van der Waals surface area (Å²) in [5.41, 5.74) is 3.68. The average Bonchev–Trinajstić information content (AvgIpc) is 3.12. The van der Waals surface area contributed by atoms with Crippen LogP contribution in [0.5, 0.6) is 5.75 Å². The summed E-state index contributed by atoms with van der Waals surface area (Å²) in [6.07, 6.45) is 3.81. The molecule has 0 aliphatic carbocycles. The fourth-order valence-corrected chi connectivity index (χ4v) is 3.65.